The average Bonchev–Trinajstić information content (AvgIpc) is 2.39. The lowest BCUT2D eigenvalue weighted by Gasteiger charge is -2.21. The van der Waals surface area contributed by atoms with Gasteiger partial charge in [-0.05, 0) is 50.5 Å². The van der Waals surface area contributed by atoms with Crippen LogP contribution in [0.2, 0.25) is 19.1 Å². The van der Waals surface area contributed by atoms with Gasteiger partial charge in [0.2, 0.25) is 0 Å². The maximum Gasteiger partial charge on any atom is 0.186 e. The lowest BCUT2D eigenvalue weighted by atomic mass is 10.1. The molecule has 0 aromatic heterocycles. The van der Waals surface area contributed by atoms with Crippen LogP contribution in [-0.4, -0.2) is 14.9 Å². The third kappa shape index (κ3) is 6.65. The predicted molar refractivity (Wildman–Crippen MR) is 82.4 cm³/mol. The second kappa shape index (κ2) is 8.59. The molecule has 0 bridgehead atoms. The van der Waals surface area contributed by atoms with Gasteiger partial charge in [0.05, 0.1) is 0 Å². The van der Waals surface area contributed by atoms with Gasteiger partial charge in [-0.25, -0.2) is 13.2 Å². The van der Waals surface area contributed by atoms with Gasteiger partial charge in [0, 0.05) is 12.7 Å². The molecule has 21 heavy (non-hydrogen) atoms. The Labute approximate surface area is 126 Å². The lowest BCUT2D eigenvalue weighted by Crippen LogP contribution is -2.29. The Hall–Kier alpha value is -0.813. The molecule has 0 radical (unpaired) electrons. The van der Waals surface area contributed by atoms with Gasteiger partial charge in [-0.3, -0.25) is 0 Å². The number of hydrogen-bond donors (Lipinski definition) is 0. The van der Waals surface area contributed by atoms with Crippen molar-refractivity contribution in [3.63, 3.8) is 0 Å². The van der Waals surface area contributed by atoms with Gasteiger partial charge in [-0.15, -0.1) is 0 Å². The van der Waals surface area contributed by atoms with Crippen LogP contribution < -0.4 is 0 Å². The molecule has 0 heterocycles. The van der Waals surface area contributed by atoms with Crippen LogP contribution in [0.1, 0.15) is 38.2 Å². The van der Waals surface area contributed by atoms with Gasteiger partial charge >= 0.3 is 0 Å². The number of unbranched alkanes of at least 4 members (excludes halogenated alkanes) is 3. The average molecular weight is 318 g/mol. The summed E-state index contributed by atoms with van der Waals surface area (Å²) in [5.41, 5.74) is 0.262. The van der Waals surface area contributed by atoms with Gasteiger partial charge in [0.15, 0.2) is 20.0 Å². The van der Waals surface area contributed by atoms with Crippen molar-refractivity contribution >= 4 is 8.32 Å². The second-order valence-corrected chi connectivity index (χ2v) is 10.3. The first-order chi connectivity index (χ1) is 9.85. The quantitative estimate of drug-likeness (QED) is 0.334. The third-order valence-electron chi connectivity index (χ3n) is 3.60. The monoisotopic (exact) mass is 318 g/mol. The fourth-order valence-corrected chi connectivity index (χ4v) is 4.47. The van der Waals surface area contributed by atoms with Gasteiger partial charge < -0.3 is 4.43 Å². The molecule has 0 N–H and O–H groups in total. The molecule has 1 nitrogen and oxygen atoms in total. The van der Waals surface area contributed by atoms with E-state index < -0.39 is 25.8 Å². The molecule has 1 aromatic rings. The van der Waals surface area contributed by atoms with Crippen molar-refractivity contribution in [2.75, 3.05) is 6.61 Å². The van der Waals surface area contributed by atoms with E-state index in [1.54, 1.807) is 0 Å². The van der Waals surface area contributed by atoms with Crippen LogP contribution >= 0.6 is 0 Å². The summed E-state index contributed by atoms with van der Waals surface area (Å²) < 4.78 is 45.0. The van der Waals surface area contributed by atoms with Crippen molar-refractivity contribution in [1.29, 1.82) is 0 Å². The maximum atomic E-state index is 13.4. The van der Waals surface area contributed by atoms with Crippen molar-refractivity contribution in [2.24, 2.45) is 0 Å². The van der Waals surface area contributed by atoms with Gasteiger partial charge in [-0.1, -0.05) is 19.3 Å². The van der Waals surface area contributed by atoms with E-state index in [1.807, 2.05) is 6.92 Å². The maximum absolute atomic E-state index is 13.4. The zero-order valence-corrected chi connectivity index (χ0v) is 14.1. The summed E-state index contributed by atoms with van der Waals surface area (Å²) in [6.45, 7) is 7.22. The first-order valence-corrected chi connectivity index (χ1v) is 10.7. The van der Waals surface area contributed by atoms with Crippen LogP contribution in [0.5, 0.6) is 0 Å². The molecule has 0 aliphatic heterocycles. The molecule has 1 rings (SSSR count). The molecule has 0 atom stereocenters. The summed E-state index contributed by atoms with van der Waals surface area (Å²) in [6.07, 6.45) is 4.39. The molecule has 0 spiro atoms. The molecule has 0 saturated heterocycles. The minimum atomic E-state index is -1.50. The summed E-state index contributed by atoms with van der Waals surface area (Å²) in [6, 6.07) is 2.72. The van der Waals surface area contributed by atoms with E-state index in [0.29, 0.717) is 12.5 Å². The number of hydrogen-bond acceptors (Lipinski definition) is 1. The number of halogens is 3. The number of benzene rings is 1. The minimum Gasteiger partial charge on any atom is -0.418 e. The topological polar surface area (TPSA) is 9.23 Å². The highest BCUT2D eigenvalue weighted by atomic mass is 28.4. The van der Waals surface area contributed by atoms with Crippen LogP contribution in [-0.2, 0) is 10.8 Å². The van der Waals surface area contributed by atoms with Crippen molar-refractivity contribution < 1.29 is 17.6 Å². The first kappa shape index (κ1) is 18.2. The van der Waals surface area contributed by atoms with Crippen molar-refractivity contribution in [3.8, 4) is 0 Å². The van der Waals surface area contributed by atoms with Crippen LogP contribution in [0.25, 0.3) is 0 Å². The van der Waals surface area contributed by atoms with E-state index >= 15 is 0 Å². The van der Waals surface area contributed by atoms with Gasteiger partial charge in [0.25, 0.3) is 0 Å². The van der Waals surface area contributed by atoms with Gasteiger partial charge in [0.1, 0.15) is 5.82 Å². The third-order valence-corrected chi connectivity index (χ3v) is 6.23. The summed E-state index contributed by atoms with van der Waals surface area (Å²) in [4.78, 5) is 0. The van der Waals surface area contributed by atoms with Crippen LogP contribution in [0.3, 0.4) is 0 Å². The Kier molecular flexibility index (Phi) is 7.46. The Morgan fingerprint density at radius 1 is 0.905 bits per heavy atom. The van der Waals surface area contributed by atoms with E-state index in [0.717, 1.165) is 44.4 Å². The van der Waals surface area contributed by atoms with E-state index in [-0.39, 0.29) is 5.56 Å². The largest absolute Gasteiger partial charge is 0.418 e. The molecule has 0 aliphatic rings. The molecule has 0 fully saturated rings. The predicted octanol–water partition coefficient (Wildman–Crippen LogP) is 5.45. The summed E-state index contributed by atoms with van der Waals surface area (Å²) in [5.74, 6) is -2.76. The molecule has 0 unspecified atom stereocenters. The lowest BCUT2D eigenvalue weighted by molar-refractivity contribution is 0.327. The van der Waals surface area contributed by atoms with Crippen molar-refractivity contribution in [2.45, 2.75) is 58.2 Å². The summed E-state index contributed by atoms with van der Waals surface area (Å²) in [5, 5.41) is 0. The van der Waals surface area contributed by atoms with Crippen molar-refractivity contribution in [3.05, 3.63) is 35.1 Å². The number of rotatable bonds is 9. The van der Waals surface area contributed by atoms with Gasteiger partial charge in [-0.2, -0.15) is 0 Å². The standard InChI is InChI=1S/C16H25F3OSi/c1-4-20-21(2,3)10-8-6-5-7-9-13-11-15(18)16(19)12-14(13)17/h11-12H,4-10H2,1-3H3. The summed E-state index contributed by atoms with van der Waals surface area (Å²) in [7, 11) is -1.50. The van der Waals surface area contributed by atoms with Crippen molar-refractivity contribution in [1.82, 2.24) is 0 Å². The zero-order valence-electron chi connectivity index (χ0n) is 13.1. The molecule has 5 heteroatoms. The van der Waals surface area contributed by atoms with E-state index in [2.05, 4.69) is 13.1 Å². The molecular formula is C16H25F3OSi. The van der Waals surface area contributed by atoms with Crippen LogP contribution in [0.15, 0.2) is 12.1 Å². The zero-order chi connectivity index (χ0) is 15.9. The smallest absolute Gasteiger partial charge is 0.186 e. The normalized spacial score (nSPS) is 11.9. The Bertz CT molecular complexity index is 449. The fraction of sp³-hybridized carbons (Fsp3) is 0.625. The Morgan fingerprint density at radius 2 is 1.52 bits per heavy atom. The Balaban J connectivity index is 2.25. The Morgan fingerprint density at radius 3 is 2.19 bits per heavy atom. The second-order valence-electron chi connectivity index (χ2n) is 5.96. The van der Waals surface area contributed by atoms with Crippen LogP contribution in [0, 0.1) is 17.5 Å². The van der Waals surface area contributed by atoms with E-state index in [9.17, 15) is 13.2 Å². The molecule has 120 valence electrons. The highest BCUT2D eigenvalue weighted by Gasteiger charge is 2.20. The molecule has 0 saturated carbocycles. The summed E-state index contributed by atoms with van der Waals surface area (Å²) >= 11 is 0. The first-order valence-electron chi connectivity index (χ1n) is 7.63. The fourth-order valence-electron chi connectivity index (χ4n) is 2.44. The minimum absolute atomic E-state index is 0.262. The SMILES string of the molecule is CCO[Si](C)(C)CCCCCCc1cc(F)c(F)cc1F. The molecule has 1 aromatic carbocycles. The van der Waals surface area contributed by atoms with Crippen LogP contribution in [0.4, 0.5) is 13.2 Å². The molecule has 0 amide bonds. The molecular weight excluding hydrogens is 293 g/mol. The molecule has 0 aliphatic carbocycles. The number of aryl methyl sites for hydroxylation is 1. The highest BCUT2D eigenvalue weighted by molar-refractivity contribution is 6.71. The highest BCUT2D eigenvalue weighted by Crippen LogP contribution is 2.19. The van der Waals surface area contributed by atoms with E-state index in [4.69, 9.17) is 4.43 Å². The van der Waals surface area contributed by atoms with E-state index in [1.165, 1.54) is 0 Å².